The predicted octanol–water partition coefficient (Wildman–Crippen LogP) is 5.79. The minimum absolute atomic E-state index is 0.265. The average molecular weight is 422 g/mol. The third kappa shape index (κ3) is 5.57. The van der Waals surface area contributed by atoms with Crippen molar-refractivity contribution in [1.29, 1.82) is 0 Å². The van der Waals surface area contributed by atoms with Crippen molar-refractivity contribution in [3.8, 4) is 0 Å². The number of nitrogens with zero attached hydrogens (tertiary/aromatic N) is 2. The molecule has 132 valence electrons. The first-order valence-corrected chi connectivity index (χ1v) is 10.1. The van der Waals surface area contributed by atoms with Crippen molar-refractivity contribution in [1.82, 2.24) is 10.2 Å². The number of carbonyl (C=O) groups excluding carboxylic acids is 1. The quantitative estimate of drug-likeness (QED) is 0.310. The molecule has 0 atom stereocenters. The molecule has 0 unspecified atom stereocenters. The Morgan fingerprint density at radius 3 is 2.65 bits per heavy atom. The van der Waals surface area contributed by atoms with E-state index < -0.39 is 0 Å². The van der Waals surface area contributed by atoms with Crippen molar-refractivity contribution in [2.75, 3.05) is 5.32 Å². The number of halogens is 2. The summed E-state index contributed by atoms with van der Waals surface area (Å²) in [7, 11) is 0. The molecule has 2 aromatic carbocycles. The van der Waals surface area contributed by atoms with Crippen LogP contribution in [0.25, 0.3) is 6.08 Å². The number of hydrogen-bond acceptors (Lipinski definition) is 5. The number of aromatic nitrogens is 2. The van der Waals surface area contributed by atoms with Gasteiger partial charge < -0.3 is 0 Å². The lowest BCUT2D eigenvalue weighted by Crippen LogP contribution is -2.07. The maximum absolute atomic E-state index is 12.0. The molecule has 0 saturated carbocycles. The molecule has 0 fully saturated rings. The van der Waals surface area contributed by atoms with Gasteiger partial charge in [0.05, 0.1) is 0 Å². The van der Waals surface area contributed by atoms with Crippen molar-refractivity contribution in [2.24, 2.45) is 0 Å². The first-order chi connectivity index (χ1) is 12.6. The summed E-state index contributed by atoms with van der Waals surface area (Å²) in [6.45, 7) is 0. The zero-order valence-electron chi connectivity index (χ0n) is 13.4. The number of thioether (sulfide) groups is 1. The molecular weight excluding hydrogens is 409 g/mol. The highest BCUT2D eigenvalue weighted by atomic mass is 35.5. The van der Waals surface area contributed by atoms with Gasteiger partial charge in [0.1, 0.15) is 0 Å². The second kappa shape index (κ2) is 9.19. The fourth-order valence-corrected chi connectivity index (χ4v) is 4.13. The van der Waals surface area contributed by atoms with Crippen molar-refractivity contribution < 1.29 is 4.79 Å². The average Bonchev–Trinajstić information content (AvgIpc) is 3.08. The van der Waals surface area contributed by atoms with Crippen LogP contribution in [-0.2, 0) is 10.5 Å². The van der Waals surface area contributed by atoms with E-state index in [-0.39, 0.29) is 5.91 Å². The molecule has 8 heteroatoms. The van der Waals surface area contributed by atoms with Gasteiger partial charge in [0, 0.05) is 21.9 Å². The van der Waals surface area contributed by atoms with Gasteiger partial charge in [-0.2, -0.15) is 0 Å². The Bertz CT molecular complexity index is 926. The van der Waals surface area contributed by atoms with Crippen LogP contribution < -0.4 is 5.32 Å². The molecule has 0 aliphatic carbocycles. The molecule has 3 aromatic rings. The molecule has 0 radical (unpaired) electrons. The van der Waals surface area contributed by atoms with E-state index in [1.807, 2.05) is 36.4 Å². The summed E-state index contributed by atoms with van der Waals surface area (Å²) >= 11 is 14.8. The molecule has 1 N–H and O–H groups in total. The van der Waals surface area contributed by atoms with Gasteiger partial charge >= 0.3 is 0 Å². The number of rotatable bonds is 6. The molecule has 4 nitrogen and oxygen atoms in total. The van der Waals surface area contributed by atoms with Gasteiger partial charge in [-0.05, 0) is 35.4 Å². The normalized spacial score (nSPS) is 11.0. The van der Waals surface area contributed by atoms with E-state index in [2.05, 4.69) is 15.5 Å². The first-order valence-electron chi connectivity index (χ1n) is 7.54. The van der Waals surface area contributed by atoms with Gasteiger partial charge in [0.2, 0.25) is 11.0 Å². The van der Waals surface area contributed by atoms with Gasteiger partial charge in [-0.3, -0.25) is 10.1 Å². The zero-order valence-corrected chi connectivity index (χ0v) is 16.5. The van der Waals surface area contributed by atoms with Crippen molar-refractivity contribution in [3.63, 3.8) is 0 Å². The molecule has 1 heterocycles. The van der Waals surface area contributed by atoms with Crippen LogP contribution in [0.3, 0.4) is 0 Å². The lowest BCUT2D eigenvalue weighted by atomic mass is 10.2. The van der Waals surface area contributed by atoms with E-state index in [0.29, 0.717) is 15.9 Å². The van der Waals surface area contributed by atoms with Crippen molar-refractivity contribution in [2.45, 2.75) is 10.1 Å². The van der Waals surface area contributed by atoms with Crippen LogP contribution in [-0.4, -0.2) is 16.1 Å². The SMILES string of the molecule is O=C(/C=C/c1ccc(Cl)cc1)Nc1nnc(SCc2ccccc2Cl)s1. The van der Waals surface area contributed by atoms with Crippen LogP contribution in [0.4, 0.5) is 5.13 Å². The first kappa shape index (κ1) is 18.9. The summed E-state index contributed by atoms with van der Waals surface area (Å²) in [5.74, 6) is 0.428. The van der Waals surface area contributed by atoms with E-state index in [0.717, 1.165) is 20.5 Å². The fraction of sp³-hybridized carbons (Fsp3) is 0.0556. The van der Waals surface area contributed by atoms with Gasteiger partial charge in [-0.25, -0.2) is 0 Å². The summed E-state index contributed by atoms with van der Waals surface area (Å²) in [4.78, 5) is 12.0. The minimum Gasteiger partial charge on any atom is -0.297 e. The molecule has 1 amide bonds. The number of nitrogens with one attached hydrogen (secondary N) is 1. The smallest absolute Gasteiger partial charge is 0.250 e. The zero-order chi connectivity index (χ0) is 18.4. The van der Waals surface area contributed by atoms with Gasteiger partial charge in [0.15, 0.2) is 4.34 Å². The van der Waals surface area contributed by atoms with Crippen LogP contribution in [0, 0.1) is 0 Å². The molecule has 0 aliphatic rings. The van der Waals surface area contributed by atoms with E-state index in [1.54, 1.807) is 18.2 Å². The van der Waals surface area contributed by atoms with E-state index >= 15 is 0 Å². The Labute approximate surface area is 169 Å². The monoisotopic (exact) mass is 421 g/mol. The highest BCUT2D eigenvalue weighted by molar-refractivity contribution is 8.00. The van der Waals surface area contributed by atoms with E-state index in [1.165, 1.54) is 29.2 Å². The molecule has 26 heavy (non-hydrogen) atoms. The highest BCUT2D eigenvalue weighted by Crippen LogP contribution is 2.30. The number of hydrogen-bond donors (Lipinski definition) is 1. The van der Waals surface area contributed by atoms with E-state index in [9.17, 15) is 4.79 Å². The Balaban J connectivity index is 1.53. The number of amides is 1. The lowest BCUT2D eigenvalue weighted by molar-refractivity contribution is -0.111. The molecule has 0 spiro atoms. The molecule has 0 saturated heterocycles. The maximum Gasteiger partial charge on any atom is 0.250 e. The van der Waals surface area contributed by atoms with Gasteiger partial charge in [-0.1, -0.05) is 76.6 Å². The Kier molecular flexibility index (Phi) is 6.68. The van der Waals surface area contributed by atoms with Gasteiger partial charge in [-0.15, -0.1) is 10.2 Å². The largest absolute Gasteiger partial charge is 0.297 e. The van der Waals surface area contributed by atoms with Crippen molar-refractivity contribution in [3.05, 3.63) is 75.8 Å². The van der Waals surface area contributed by atoms with Crippen LogP contribution in [0.1, 0.15) is 11.1 Å². The summed E-state index contributed by atoms with van der Waals surface area (Å²) in [5, 5.41) is 12.6. The number of anilines is 1. The summed E-state index contributed by atoms with van der Waals surface area (Å²) in [5.41, 5.74) is 1.92. The second-order valence-corrected chi connectivity index (χ2v) is 8.17. The standard InChI is InChI=1S/C18H13Cl2N3OS2/c19-14-8-5-12(6-9-14)7-10-16(24)21-17-22-23-18(26-17)25-11-13-3-1-2-4-15(13)20/h1-10H,11H2,(H,21,22,24)/b10-7+. The fourth-order valence-electron chi connectivity index (χ4n) is 1.97. The molecular formula is C18H13Cl2N3OS2. The number of carbonyl (C=O) groups is 1. The molecule has 3 rings (SSSR count). The van der Waals surface area contributed by atoms with Gasteiger partial charge in [0.25, 0.3) is 0 Å². The third-order valence-electron chi connectivity index (χ3n) is 3.24. The Morgan fingerprint density at radius 1 is 1.12 bits per heavy atom. The summed E-state index contributed by atoms with van der Waals surface area (Å²) in [6, 6.07) is 14.9. The maximum atomic E-state index is 12.0. The Hall–Kier alpha value is -1.86. The molecule has 0 aliphatic heterocycles. The van der Waals surface area contributed by atoms with Crippen LogP contribution in [0.2, 0.25) is 10.0 Å². The predicted molar refractivity (Wildman–Crippen MR) is 110 cm³/mol. The second-order valence-electron chi connectivity index (χ2n) is 5.13. The van der Waals surface area contributed by atoms with Crippen LogP contribution >= 0.6 is 46.3 Å². The van der Waals surface area contributed by atoms with E-state index in [4.69, 9.17) is 23.2 Å². The van der Waals surface area contributed by atoms with Crippen LogP contribution in [0.15, 0.2) is 58.9 Å². The summed E-state index contributed by atoms with van der Waals surface area (Å²) in [6.07, 6.45) is 3.15. The molecule has 1 aromatic heterocycles. The van der Waals surface area contributed by atoms with Crippen molar-refractivity contribution >= 4 is 63.4 Å². The lowest BCUT2D eigenvalue weighted by Gasteiger charge is -2.00. The highest BCUT2D eigenvalue weighted by Gasteiger charge is 2.08. The Morgan fingerprint density at radius 2 is 1.88 bits per heavy atom. The minimum atomic E-state index is -0.265. The third-order valence-corrected chi connectivity index (χ3v) is 5.88. The summed E-state index contributed by atoms with van der Waals surface area (Å²) < 4.78 is 0.766. The molecule has 0 bridgehead atoms. The number of benzene rings is 2. The topological polar surface area (TPSA) is 54.9 Å². The van der Waals surface area contributed by atoms with Crippen LogP contribution in [0.5, 0.6) is 0 Å².